The first-order valence-electron chi connectivity index (χ1n) is 8.62. The smallest absolute Gasteiger partial charge is 0.408 e. The molecule has 0 fully saturated rings. The first kappa shape index (κ1) is 20.8. The van der Waals surface area contributed by atoms with E-state index < -0.39 is 17.7 Å². The average molecular weight is 391 g/mol. The van der Waals surface area contributed by atoms with Crippen molar-refractivity contribution in [2.45, 2.75) is 46.2 Å². The SMILES string of the molecule is CCN(C)C(=O)c1cnc(-c2nccnc2[C@H](C)N(C(=O)O)C(C)(C)C)s1. The predicted octanol–water partition coefficient (Wildman–Crippen LogP) is 3.53. The Hall–Kier alpha value is -2.55. The first-order chi connectivity index (χ1) is 12.6. The molecule has 1 atom stereocenters. The van der Waals surface area contributed by atoms with Crippen LogP contribution >= 0.6 is 11.3 Å². The Morgan fingerprint density at radius 2 is 1.85 bits per heavy atom. The summed E-state index contributed by atoms with van der Waals surface area (Å²) in [5.74, 6) is -0.110. The van der Waals surface area contributed by atoms with E-state index in [2.05, 4.69) is 15.0 Å². The van der Waals surface area contributed by atoms with E-state index in [1.807, 2.05) is 27.7 Å². The third-order valence-corrected chi connectivity index (χ3v) is 5.17. The van der Waals surface area contributed by atoms with Crippen LogP contribution in [0, 0.1) is 0 Å². The van der Waals surface area contributed by atoms with Gasteiger partial charge in [0.05, 0.1) is 17.9 Å². The van der Waals surface area contributed by atoms with Gasteiger partial charge < -0.3 is 10.0 Å². The van der Waals surface area contributed by atoms with Gasteiger partial charge >= 0.3 is 6.09 Å². The van der Waals surface area contributed by atoms with Gasteiger partial charge in [-0.3, -0.25) is 19.7 Å². The molecule has 0 radical (unpaired) electrons. The fourth-order valence-electron chi connectivity index (χ4n) is 2.79. The number of hydrogen-bond donors (Lipinski definition) is 1. The molecule has 2 aromatic rings. The molecule has 2 rings (SSSR count). The van der Waals surface area contributed by atoms with Gasteiger partial charge in [0.1, 0.15) is 15.6 Å². The van der Waals surface area contributed by atoms with E-state index in [1.165, 1.54) is 34.8 Å². The molecule has 0 spiro atoms. The Labute approximate surface area is 162 Å². The molecule has 1 N–H and O–H groups in total. The van der Waals surface area contributed by atoms with Crippen molar-refractivity contribution in [2.24, 2.45) is 0 Å². The van der Waals surface area contributed by atoms with Crippen LogP contribution in [0.5, 0.6) is 0 Å². The van der Waals surface area contributed by atoms with E-state index in [4.69, 9.17) is 0 Å². The van der Waals surface area contributed by atoms with E-state index in [1.54, 1.807) is 18.9 Å². The minimum Gasteiger partial charge on any atom is -0.465 e. The van der Waals surface area contributed by atoms with Crippen LogP contribution in [-0.4, -0.2) is 61.0 Å². The first-order valence-corrected chi connectivity index (χ1v) is 9.44. The number of thiazole rings is 1. The van der Waals surface area contributed by atoms with Gasteiger partial charge in [0.15, 0.2) is 0 Å². The van der Waals surface area contributed by atoms with Crippen molar-refractivity contribution in [3.63, 3.8) is 0 Å². The van der Waals surface area contributed by atoms with Crippen LogP contribution in [0.3, 0.4) is 0 Å². The van der Waals surface area contributed by atoms with Crippen molar-refractivity contribution in [3.05, 3.63) is 29.2 Å². The molecule has 2 amide bonds. The second-order valence-corrected chi connectivity index (χ2v) is 8.17. The third kappa shape index (κ3) is 4.41. The Morgan fingerprint density at radius 3 is 2.41 bits per heavy atom. The minimum atomic E-state index is -1.04. The molecule has 9 heteroatoms. The van der Waals surface area contributed by atoms with Crippen LogP contribution in [0.15, 0.2) is 18.6 Å². The van der Waals surface area contributed by atoms with Crippen molar-refractivity contribution in [2.75, 3.05) is 13.6 Å². The van der Waals surface area contributed by atoms with Crippen LogP contribution in [0.25, 0.3) is 10.7 Å². The summed E-state index contributed by atoms with van der Waals surface area (Å²) in [5.41, 5.74) is 0.379. The Balaban J connectivity index is 2.46. The van der Waals surface area contributed by atoms with Crippen LogP contribution in [-0.2, 0) is 0 Å². The molecule has 0 bridgehead atoms. The van der Waals surface area contributed by atoms with Crippen molar-refractivity contribution in [1.29, 1.82) is 0 Å². The highest BCUT2D eigenvalue weighted by molar-refractivity contribution is 7.16. The highest BCUT2D eigenvalue weighted by Crippen LogP contribution is 2.34. The minimum absolute atomic E-state index is 0.110. The fourth-order valence-corrected chi connectivity index (χ4v) is 3.71. The second kappa shape index (κ2) is 7.99. The molecule has 27 heavy (non-hydrogen) atoms. The van der Waals surface area contributed by atoms with Crippen LogP contribution < -0.4 is 0 Å². The lowest BCUT2D eigenvalue weighted by molar-refractivity contribution is 0.0740. The summed E-state index contributed by atoms with van der Waals surface area (Å²) in [6, 6.07) is -0.535. The van der Waals surface area contributed by atoms with Crippen molar-refractivity contribution >= 4 is 23.3 Å². The van der Waals surface area contributed by atoms with Gasteiger partial charge in [-0.2, -0.15) is 0 Å². The predicted molar refractivity (Wildman–Crippen MR) is 104 cm³/mol. The number of carbonyl (C=O) groups excluding carboxylic acids is 1. The molecule has 146 valence electrons. The highest BCUT2D eigenvalue weighted by atomic mass is 32.1. The zero-order valence-electron chi connectivity index (χ0n) is 16.4. The monoisotopic (exact) mass is 391 g/mol. The van der Waals surface area contributed by atoms with Crippen molar-refractivity contribution in [3.8, 4) is 10.7 Å². The van der Waals surface area contributed by atoms with Gasteiger partial charge in [0.25, 0.3) is 5.91 Å². The van der Waals surface area contributed by atoms with Gasteiger partial charge in [0.2, 0.25) is 0 Å². The number of aromatic nitrogens is 3. The molecule has 2 aromatic heterocycles. The normalized spacial score (nSPS) is 12.5. The molecule has 0 aromatic carbocycles. The zero-order valence-corrected chi connectivity index (χ0v) is 17.2. The Morgan fingerprint density at radius 1 is 1.22 bits per heavy atom. The maximum Gasteiger partial charge on any atom is 0.408 e. The Bertz CT molecular complexity index is 830. The molecule has 2 heterocycles. The lowest BCUT2D eigenvalue weighted by atomic mass is 10.0. The molecule has 8 nitrogen and oxygen atoms in total. The largest absolute Gasteiger partial charge is 0.465 e. The van der Waals surface area contributed by atoms with E-state index in [-0.39, 0.29) is 5.91 Å². The quantitative estimate of drug-likeness (QED) is 0.837. The summed E-state index contributed by atoms with van der Waals surface area (Å²) in [5, 5.41) is 10.2. The second-order valence-electron chi connectivity index (χ2n) is 7.14. The molecule has 0 saturated heterocycles. The summed E-state index contributed by atoms with van der Waals surface area (Å²) in [6.45, 7) is 9.75. The third-order valence-electron chi connectivity index (χ3n) is 4.18. The molecular weight excluding hydrogens is 366 g/mol. The van der Waals surface area contributed by atoms with Crippen molar-refractivity contribution in [1.82, 2.24) is 24.8 Å². The number of carbonyl (C=O) groups is 2. The average Bonchev–Trinajstić information content (AvgIpc) is 3.08. The maximum absolute atomic E-state index is 12.3. The number of rotatable bonds is 5. The molecule has 0 aliphatic carbocycles. The van der Waals surface area contributed by atoms with E-state index in [9.17, 15) is 14.7 Å². The molecular formula is C18H25N5O3S. The van der Waals surface area contributed by atoms with Gasteiger partial charge in [-0.15, -0.1) is 11.3 Å². The maximum atomic E-state index is 12.3. The lowest BCUT2D eigenvalue weighted by Gasteiger charge is -2.37. The van der Waals surface area contributed by atoms with Crippen molar-refractivity contribution < 1.29 is 14.7 Å². The van der Waals surface area contributed by atoms with Gasteiger partial charge in [0, 0.05) is 31.5 Å². The van der Waals surface area contributed by atoms with Crippen LogP contribution in [0.2, 0.25) is 0 Å². The molecule has 0 aliphatic heterocycles. The fraction of sp³-hybridized carbons (Fsp3) is 0.500. The van der Waals surface area contributed by atoms with Gasteiger partial charge in [-0.1, -0.05) is 0 Å². The number of amides is 2. The van der Waals surface area contributed by atoms with Gasteiger partial charge in [-0.25, -0.2) is 9.78 Å². The summed E-state index contributed by atoms with van der Waals surface area (Å²) >= 11 is 1.23. The molecule has 0 saturated carbocycles. The summed E-state index contributed by atoms with van der Waals surface area (Å²) in [4.78, 5) is 40.7. The highest BCUT2D eigenvalue weighted by Gasteiger charge is 2.34. The lowest BCUT2D eigenvalue weighted by Crippen LogP contribution is -2.46. The zero-order chi connectivity index (χ0) is 20.4. The number of nitrogens with zero attached hydrogens (tertiary/aromatic N) is 5. The van der Waals surface area contributed by atoms with Crippen LogP contribution in [0.1, 0.15) is 56.0 Å². The number of hydrogen-bond acceptors (Lipinski definition) is 6. The summed E-state index contributed by atoms with van der Waals surface area (Å²) in [7, 11) is 1.73. The summed E-state index contributed by atoms with van der Waals surface area (Å²) < 4.78 is 0. The van der Waals surface area contributed by atoms with E-state index in [0.717, 1.165) is 0 Å². The Kier molecular flexibility index (Phi) is 6.15. The van der Waals surface area contributed by atoms with E-state index >= 15 is 0 Å². The van der Waals surface area contributed by atoms with Gasteiger partial charge in [-0.05, 0) is 34.6 Å². The summed E-state index contributed by atoms with van der Waals surface area (Å²) in [6.07, 6.45) is 3.56. The molecule has 0 unspecified atom stereocenters. The van der Waals surface area contributed by atoms with Crippen LogP contribution in [0.4, 0.5) is 4.79 Å². The standard InChI is InChI=1S/C18H25N5O3S/c1-7-22(6)16(24)12-10-21-15(27-12)14-13(19-8-9-20-14)11(2)23(17(25)26)18(3,4)5/h8-11H,7H2,1-6H3,(H,25,26)/t11-/m0/s1. The number of carboxylic acid groups (broad SMARTS) is 1. The topological polar surface area (TPSA) is 99.5 Å². The molecule has 0 aliphatic rings. The van der Waals surface area contributed by atoms with E-state index in [0.29, 0.717) is 27.8 Å².